The molecule has 9 heteroatoms. The second-order valence-corrected chi connectivity index (χ2v) is 8.38. The van der Waals surface area contributed by atoms with Crippen LogP contribution in [0.2, 0.25) is 0 Å². The zero-order valence-corrected chi connectivity index (χ0v) is 17.5. The molecule has 3 rings (SSSR count). The van der Waals surface area contributed by atoms with E-state index in [9.17, 15) is 13.2 Å². The summed E-state index contributed by atoms with van der Waals surface area (Å²) in [4.78, 5) is 16.8. The van der Waals surface area contributed by atoms with Crippen LogP contribution in [0.15, 0.2) is 47.4 Å². The highest BCUT2D eigenvalue weighted by Crippen LogP contribution is 2.29. The van der Waals surface area contributed by atoms with Gasteiger partial charge in [-0.2, -0.15) is 0 Å². The van der Waals surface area contributed by atoms with Crippen molar-refractivity contribution in [1.29, 1.82) is 0 Å². The van der Waals surface area contributed by atoms with Crippen LogP contribution < -0.4 is 19.1 Å². The monoisotopic (exact) mass is 419 g/mol. The topological polar surface area (TPSA) is 88.2 Å². The third kappa shape index (κ3) is 4.30. The smallest absolute Gasteiger partial charge is 0.254 e. The molecule has 1 aliphatic rings. The fourth-order valence-corrected chi connectivity index (χ4v) is 4.27. The van der Waals surface area contributed by atoms with Gasteiger partial charge in [0.2, 0.25) is 10.0 Å². The van der Waals surface area contributed by atoms with Gasteiger partial charge >= 0.3 is 0 Å². The number of nitrogens with zero attached hydrogens (tertiary/aromatic N) is 2. The largest absolute Gasteiger partial charge is 0.495 e. The molecule has 0 saturated carbocycles. The van der Waals surface area contributed by atoms with Gasteiger partial charge in [0.25, 0.3) is 5.91 Å². The normalized spacial score (nSPS) is 14.6. The first kappa shape index (κ1) is 20.9. The Morgan fingerprint density at radius 2 is 1.62 bits per heavy atom. The number of methoxy groups -OCH3 is 2. The van der Waals surface area contributed by atoms with Crippen molar-refractivity contribution in [1.82, 2.24) is 9.62 Å². The zero-order chi connectivity index (χ0) is 21.0. The molecule has 1 saturated heterocycles. The molecule has 2 aromatic rings. The Bertz CT molecular complexity index is 985. The Morgan fingerprint density at radius 3 is 2.24 bits per heavy atom. The summed E-state index contributed by atoms with van der Waals surface area (Å²) in [6.07, 6.45) is 0. The Labute approximate surface area is 171 Å². The van der Waals surface area contributed by atoms with Crippen LogP contribution in [0.5, 0.6) is 11.5 Å². The van der Waals surface area contributed by atoms with Crippen LogP contribution in [-0.4, -0.2) is 66.7 Å². The molecule has 0 aromatic heterocycles. The molecule has 1 N–H and O–H groups in total. The van der Waals surface area contributed by atoms with Crippen LogP contribution in [-0.2, 0) is 10.0 Å². The minimum atomic E-state index is -3.75. The summed E-state index contributed by atoms with van der Waals surface area (Å²) < 4.78 is 37.3. The van der Waals surface area contributed by atoms with Crippen molar-refractivity contribution in [2.24, 2.45) is 0 Å². The highest BCUT2D eigenvalue weighted by Gasteiger charge is 2.26. The van der Waals surface area contributed by atoms with E-state index in [4.69, 9.17) is 9.47 Å². The Morgan fingerprint density at radius 1 is 0.966 bits per heavy atom. The quantitative estimate of drug-likeness (QED) is 0.765. The van der Waals surface area contributed by atoms with E-state index in [-0.39, 0.29) is 16.6 Å². The molecule has 1 amide bonds. The number of amides is 1. The number of piperazine rings is 1. The van der Waals surface area contributed by atoms with Crippen molar-refractivity contribution >= 4 is 21.6 Å². The lowest BCUT2D eigenvalue weighted by Gasteiger charge is -2.36. The fourth-order valence-electron chi connectivity index (χ4n) is 3.35. The molecule has 1 aliphatic heterocycles. The number of carbonyl (C=O) groups is 1. The summed E-state index contributed by atoms with van der Waals surface area (Å²) in [6.45, 7) is 2.36. The van der Waals surface area contributed by atoms with Crippen LogP contribution >= 0.6 is 0 Å². The predicted octanol–water partition coefficient (Wildman–Crippen LogP) is 1.57. The van der Waals surface area contributed by atoms with Gasteiger partial charge in [0.1, 0.15) is 16.4 Å². The van der Waals surface area contributed by atoms with Crippen LogP contribution in [0.4, 0.5) is 5.69 Å². The number of hydrogen-bond donors (Lipinski definition) is 1. The van der Waals surface area contributed by atoms with Crippen LogP contribution in [0, 0.1) is 0 Å². The minimum Gasteiger partial charge on any atom is -0.495 e. The number of ether oxygens (including phenoxy) is 2. The maximum atomic E-state index is 13.0. The number of sulfonamides is 1. The second-order valence-electron chi connectivity index (χ2n) is 6.52. The molecule has 1 fully saturated rings. The summed E-state index contributed by atoms with van der Waals surface area (Å²) in [6, 6.07) is 12.2. The first-order chi connectivity index (χ1) is 13.9. The summed E-state index contributed by atoms with van der Waals surface area (Å²) in [5.74, 6) is 0.779. The highest BCUT2D eigenvalue weighted by molar-refractivity contribution is 7.89. The molecular weight excluding hydrogens is 394 g/mol. The molecule has 2 aromatic carbocycles. The van der Waals surface area contributed by atoms with Crippen molar-refractivity contribution in [3.63, 3.8) is 0 Å². The third-order valence-corrected chi connectivity index (χ3v) is 6.40. The Hall–Kier alpha value is -2.78. The molecule has 8 nitrogen and oxygen atoms in total. The Balaban J connectivity index is 1.77. The highest BCUT2D eigenvalue weighted by atomic mass is 32.2. The lowest BCUT2D eigenvalue weighted by atomic mass is 10.1. The predicted molar refractivity (Wildman–Crippen MR) is 110 cm³/mol. The van der Waals surface area contributed by atoms with Gasteiger partial charge in [0, 0.05) is 31.7 Å². The molecule has 29 heavy (non-hydrogen) atoms. The average molecular weight is 420 g/mol. The molecule has 0 radical (unpaired) electrons. The van der Waals surface area contributed by atoms with Gasteiger partial charge in [-0.25, -0.2) is 13.1 Å². The summed E-state index contributed by atoms with van der Waals surface area (Å²) in [5, 5.41) is 0. The first-order valence-electron chi connectivity index (χ1n) is 9.20. The van der Waals surface area contributed by atoms with Gasteiger partial charge in [-0.3, -0.25) is 4.79 Å². The number of rotatable bonds is 6. The van der Waals surface area contributed by atoms with E-state index in [2.05, 4.69) is 9.62 Å². The third-order valence-electron chi connectivity index (χ3n) is 4.96. The molecule has 0 bridgehead atoms. The first-order valence-corrected chi connectivity index (χ1v) is 10.7. The maximum Gasteiger partial charge on any atom is 0.254 e. The molecule has 1 heterocycles. The number of carbonyl (C=O) groups excluding carboxylic acids is 1. The number of benzene rings is 2. The van der Waals surface area contributed by atoms with Crippen molar-refractivity contribution in [3.8, 4) is 11.5 Å². The van der Waals surface area contributed by atoms with Gasteiger partial charge in [-0.1, -0.05) is 12.1 Å². The van der Waals surface area contributed by atoms with E-state index in [0.29, 0.717) is 31.7 Å². The van der Waals surface area contributed by atoms with Gasteiger partial charge in [0.05, 0.1) is 19.9 Å². The van der Waals surface area contributed by atoms with E-state index in [0.717, 1.165) is 11.4 Å². The van der Waals surface area contributed by atoms with Crippen LogP contribution in [0.1, 0.15) is 10.4 Å². The molecule has 0 atom stereocenters. The van der Waals surface area contributed by atoms with E-state index in [1.807, 2.05) is 24.3 Å². The maximum absolute atomic E-state index is 13.0. The van der Waals surface area contributed by atoms with Crippen molar-refractivity contribution < 1.29 is 22.7 Å². The minimum absolute atomic E-state index is 0.0546. The zero-order valence-electron chi connectivity index (χ0n) is 16.7. The molecule has 0 unspecified atom stereocenters. The van der Waals surface area contributed by atoms with Gasteiger partial charge in [-0.05, 0) is 37.4 Å². The Kier molecular flexibility index (Phi) is 6.29. The average Bonchev–Trinajstić information content (AvgIpc) is 2.78. The lowest BCUT2D eigenvalue weighted by Crippen LogP contribution is -2.48. The van der Waals surface area contributed by atoms with Gasteiger partial charge in [-0.15, -0.1) is 0 Å². The van der Waals surface area contributed by atoms with E-state index >= 15 is 0 Å². The number of anilines is 1. The van der Waals surface area contributed by atoms with E-state index in [1.165, 1.54) is 26.3 Å². The lowest BCUT2D eigenvalue weighted by molar-refractivity contribution is 0.0746. The molecule has 156 valence electrons. The summed E-state index contributed by atoms with van der Waals surface area (Å²) >= 11 is 0. The van der Waals surface area contributed by atoms with Crippen LogP contribution in [0.3, 0.4) is 0 Å². The number of para-hydroxylation sites is 2. The summed E-state index contributed by atoms with van der Waals surface area (Å²) in [5.41, 5.74) is 1.30. The molecule has 0 spiro atoms. The SMILES string of the molecule is CNS(=O)(=O)c1cc(C(=O)N2CCN(c3ccccc3OC)CC2)ccc1OC. The van der Waals surface area contributed by atoms with Crippen molar-refractivity contribution in [2.45, 2.75) is 4.90 Å². The van der Waals surface area contributed by atoms with Crippen molar-refractivity contribution in [2.75, 3.05) is 52.3 Å². The van der Waals surface area contributed by atoms with Gasteiger partial charge < -0.3 is 19.3 Å². The van der Waals surface area contributed by atoms with E-state index in [1.54, 1.807) is 18.1 Å². The number of nitrogens with one attached hydrogen (secondary N) is 1. The van der Waals surface area contributed by atoms with Gasteiger partial charge in [0.15, 0.2) is 0 Å². The fraction of sp³-hybridized carbons (Fsp3) is 0.350. The summed E-state index contributed by atoms with van der Waals surface area (Å²) in [7, 11) is 0.601. The standard InChI is InChI=1S/C20H25N3O5S/c1-21-29(25,26)19-14-15(8-9-18(19)28-3)20(24)23-12-10-22(11-13-23)16-6-4-5-7-17(16)27-2/h4-9,14,21H,10-13H2,1-3H3. The van der Waals surface area contributed by atoms with Crippen molar-refractivity contribution in [3.05, 3.63) is 48.0 Å². The second kappa shape index (κ2) is 8.71. The van der Waals surface area contributed by atoms with Crippen LogP contribution in [0.25, 0.3) is 0 Å². The number of hydrogen-bond acceptors (Lipinski definition) is 6. The molecule has 0 aliphatic carbocycles. The van der Waals surface area contributed by atoms with E-state index < -0.39 is 10.0 Å². The molecular formula is C20H25N3O5S.